The highest BCUT2D eigenvalue weighted by Crippen LogP contribution is 2.20. The summed E-state index contributed by atoms with van der Waals surface area (Å²) in [5.74, 6) is 0.602. The molecular weight excluding hydrogens is 350 g/mol. The molecule has 0 spiro atoms. The van der Waals surface area contributed by atoms with Crippen molar-refractivity contribution >= 4 is 17.5 Å². The van der Waals surface area contributed by atoms with Gasteiger partial charge in [-0.15, -0.1) is 0 Å². The molecule has 3 aromatic rings. The standard InChI is InChI=1S/C22H23N5O/c1-16-2-4-17(5-3-16)20-10-11-24-22(26-20)25-19-8-6-18(7-9-19)21(28)27-14-12-23-13-15-27/h2-11,23H,12-15H2,1H3,(H,24,25,26). The molecule has 0 aliphatic carbocycles. The Hall–Kier alpha value is -3.25. The predicted octanol–water partition coefficient (Wildman–Crippen LogP) is 3.24. The number of rotatable bonds is 4. The number of aryl methyl sites for hydroxylation is 1. The Morgan fingerprint density at radius 1 is 1.00 bits per heavy atom. The van der Waals surface area contributed by atoms with Gasteiger partial charge in [-0.3, -0.25) is 4.79 Å². The lowest BCUT2D eigenvalue weighted by Crippen LogP contribution is -2.46. The topological polar surface area (TPSA) is 70.2 Å². The third kappa shape index (κ3) is 4.18. The summed E-state index contributed by atoms with van der Waals surface area (Å²) < 4.78 is 0. The number of nitrogens with zero attached hydrogens (tertiary/aromatic N) is 3. The first-order valence-corrected chi connectivity index (χ1v) is 9.46. The van der Waals surface area contributed by atoms with Gasteiger partial charge in [-0.1, -0.05) is 29.8 Å². The van der Waals surface area contributed by atoms with Crippen LogP contribution >= 0.6 is 0 Å². The van der Waals surface area contributed by atoms with Gasteiger partial charge in [0.1, 0.15) is 0 Å². The van der Waals surface area contributed by atoms with E-state index in [0.717, 1.165) is 43.1 Å². The van der Waals surface area contributed by atoms with E-state index in [1.54, 1.807) is 6.20 Å². The first kappa shape index (κ1) is 18.1. The number of aromatic nitrogens is 2. The maximum atomic E-state index is 12.5. The van der Waals surface area contributed by atoms with E-state index >= 15 is 0 Å². The zero-order valence-electron chi connectivity index (χ0n) is 15.9. The molecule has 1 saturated heterocycles. The molecule has 0 unspecified atom stereocenters. The zero-order chi connectivity index (χ0) is 19.3. The van der Waals surface area contributed by atoms with Gasteiger partial charge in [0.25, 0.3) is 5.91 Å². The summed E-state index contributed by atoms with van der Waals surface area (Å²) in [6.07, 6.45) is 1.74. The SMILES string of the molecule is Cc1ccc(-c2ccnc(Nc3ccc(C(=O)N4CCNCC4)cc3)n2)cc1. The Labute approximate surface area is 164 Å². The molecule has 6 nitrogen and oxygen atoms in total. The number of hydrogen-bond donors (Lipinski definition) is 2. The van der Waals surface area contributed by atoms with Crippen LogP contribution in [0.3, 0.4) is 0 Å². The molecule has 0 bridgehead atoms. The smallest absolute Gasteiger partial charge is 0.253 e. The number of nitrogens with one attached hydrogen (secondary N) is 2. The van der Waals surface area contributed by atoms with Crippen LogP contribution in [0.1, 0.15) is 15.9 Å². The molecule has 142 valence electrons. The van der Waals surface area contributed by atoms with E-state index in [9.17, 15) is 4.79 Å². The fraction of sp³-hybridized carbons (Fsp3) is 0.227. The van der Waals surface area contributed by atoms with Crippen molar-refractivity contribution in [3.8, 4) is 11.3 Å². The minimum atomic E-state index is 0.0747. The number of carbonyl (C=O) groups excluding carboxylic acids is 1. The highest BCUT2D eigenvalue weighted by atomic mass is 16.2. The van der Waals surface area contributed by atoms with Crippen molar-refractivity contribution in [1.29, 1.82) is 0 Å². The Kier molecular flexibility index (Phi) is 5.30. The van der Waals surface area contributed by atoms with E-state index in [0.29, 0.717) is 11.5 Å². The molecule has 1 aliphatic heterocycles. The van der Waals surface area contributed by atoms with Crippen molar-refractivity contribution < 1.29 is 4.79 Å². The van der Waals surface area contributed by atoms with Crippen LogP contribution in [0, 0.1) is 6.92 Å². The summed E-state index contributed by atoms with van der Waals surface area (Å²) in [5, 5.41) is 6.47. The molecule has 1 aliphatic rings. The van der Waals surface area contributed by atoms with Gasteiger partial charge in [0, 0.05) is 49.2 Å². The number of amides is 1. The largest absolute Gasteiger partial charge is 0.336 e. The highest BCUT2D eigenvalue weighted by molar-refractivity contribution is 5.94. The molecule has 1 amide bonds. The van der Waals surface area contributed by atoms with Gasteiger partial charge < -0.3 is 15.5 Å². The average molecular weight is 373 g/mol. The highest BCUT2D eigenvalue weighted by Gasteiger charge is 2.17. The third-order valence-electron chi connectivity index (χ3n) is 4.80. The molecule has 4 rings (SSSR count). The lowest BCUT2D eigenvalue weighted by Gasteiger charge is -2.27. The van der Waals surface area contributed by atoms with Gasteiger partial charge >= 0.3 is 0 Å². The molecule has 2 heterocycles. The Morgan fingerprint density at radius 2 is 1.71 bits per heavy atom. The molecular formula is C22H23N5O. The number of benzene rings is 2. The summed E-state index contributed by atoms with van der Waals surface area (Å²) >= 11 is 0. The minimum absolute atomic E-state index is 0.0747. The summed E-state index contributed by atoms with van der Waals surface area (Å²) in [5.41, 5.74) is 4.67. The van der Waals surface area contributed by atoms with Gasteiger partial charge in [-0.2, -0.15) is 0 Å². The van der Waals surface area contributed by atoms with Crippen LogP contribution in [-0.2, 0) is 0 Å². The van der Waals surface area contributed by atoms with Crippen LogP contribution in [0.5, 0.6) is 0 Å². The number of piperazine rings is 1. The van der Waals surface area contributed by atoms with E-state index in [-0.39, 0.29) is 5.91 Å². The molecule has 0 atom stereocenters. The van der Waals surface area contributed by atoms with Crippen LogP contribution < -0.4 is 10.6 Å². The lowest BCUT2D eigenvalue weighted by atomic mass is 10.1. The predicted molar refractivity (Wildman–Crippen MR) is 111 cm³/mol. The second-order valence-corrected chi connectivity index (χ2v) is 6.88. The first-order chi connectivity index (χ1) is 13.7. The Bertz CT molecular complexity index is 947. The second kappa shape index (κ2) is 8.19. The van der Waals surface area contributed by atoms with E-state index in [2.05, 4.69) is 51.8 Å². The van der Waals surface area contributed by atoms with E-state index < -0.39 is 0 Å². The van der Waals surface area contributed by atoms with Crippen molar-refractivity contribution in [3.63, 3.8) is 0 Å². The quantitative estimate of drug-likeness (QED) is 0.735. The van der Waals surface area contributed by atoms with E-state index in [1.807, 2.05) is 35.2 Å². The van der Waals surface area contributed by atoms with Crippen molar-refractivity contribution in [2.45, 2.75) is 6.92 Å². The second-order valence-electron chi connectivity index (χ2n) is 6.88. The van der Waals surface area contributed by atoms with Crippen LogP contribution in [0.4, 0.5) is 11.6 Å². The van der Waals surface area contributed by atoms with Crippen molar-refractivity contribution in [3.05, 3.63) is 71.9 Å². The minimum Gasteiger partial charge on any atom is -0.336 e. The molecule has 1 aromatic heterocycles. The normalized spacial score (nSPS) is 14.0. The molecule has 2 N–H and O–H groups in total. The molecule has 28 heavy (non-hydrogen) atoms. The molecule has 0 radical (unpaired) electrons. The number of hydrogen-bond acceptors (Lipinski definition) is 5. The van der Waals surface area contributed by atoms with Crippen LogP contribution in [-0.4, -0.2) is 47.0 Å². The van der Waals surface area contributed by atoms with Gasteiger partial charge in [0.05, 0.1) is 5.69 Å². The monoisotopic (exact) mass is 373 g/mol. The summed E-state index contributed by atoms with van der Waals surface area (Å²) in [6.45, 7) is 5.25. The molecule has 6 heteroatoms. The van der Waals surface area contributed by atoms with E-state index in [4.69, 9.17) is 0 Å². The van der Waals surface area contributed by atoms with Gasteiger partial charge in [-0.25, -0.2) is 9.97 Å². The molecule has 1 fully saturated rings. The number of carbonyl (C=O) groups is 1. The third-order valence-corrected chi connectivity index (χ3v) is 4.80. The molecule has 2 aromatic carbocycles. The summed E-state index contributed by atoms with van der Waals surface area (Å²) in [6, 6.07) is 17.6. The van der Waals surface area contributed by atoms with Crippen LogP contribution in [0.2, 0.25) is 0 Å². The Morgan fingerprint density at radius 3 is 2.43 bits per heavy atom. The zero-order valence-corrected chi connectivity index (χ0v) is 15.9. The maximum Gasteiger partial charge on any atom is 0.253 e. The van der Waals surface area contributed by atoms with Crippen molar-refractivity contribution in [2.24, 2.45) is 0 Å². The van der Waals surface area contributed by atoms with Gasteiger partial charge in [0.2, 0.25) is 5.95 Å². The van der Waals surface area contributed by atoms with Crippen LogP contribution in [0.15, 0.2) is 60.8 Å². The Balaban J connectivity index is 1.46. The summed E-state index contributed by atoms with van der Waals surface area (Å²) in [4.78, 5) is 23.3. The van der Waals surface area contributed by atoms with Crippen LogP contribution in [0.25, 0.3) is 11.3 Å². The fourth-order valence-electron chi connectivity index (χ4n) is 3.18. The lowest BCUT2D eigenvalue weighted by molar-refractivity contribution is 0.0736. The molecule has 0 saturated carbocycles. The fourth-order valence-corrected chi connectivity index (χ4v) is 3.18. The average Bonchev–Trinajstić information content (AvgIpc) is 2.75. The van der Waals surface area contributed by atoms with Gasteiger partial charge in [0.15, 0.2) is 0 Å². The van der Waals surface area contributed by atoms with E-state index in [1.165, 1.54) is 5.56 Å². The van der Waals surface area contributed by atoms with Crippen molar-refractivity contribution in [2.75, 3.05) is 31.5 Å². The van der Waals surface area contributed by atoms with Crippen molar-refractivity contribution in [1.82, 2.24) is 20.2 Å². The number of anilines is 2. The summed E-state index contributed by atoms with van der Waals surface area (Å²) in [7, 11) is 0. The van der Waals surface area contributed by atoms with Gasteiger partial charge in [-0.05, 0) is 37.3 Å². The first-order valence-electron chi connectivity index (χ1n) is 9.46. The maximum absolute atomic E-state index is 12.5.